The van der Waals surface area contributed by atoms with Crippen LogP contribution in [0.4, 0.5) is 0 Å². The molecule has 0 amide bonds. The Kier molecular flexibility index (Phi) is 4.91. The molecule has 2 aromatic carbocycles. The number of nitrogens with zero attached hydrogens (tertiary/aromatic N) is 4. The third-order valence-corrected chi connectivity index (χ3v) is 3.75. The summed E-state index contributed by atoms with van der Waals surface area (Å²) in [4.78, 5) is 0. The second-order valence-corrected chi connectivity index (χ2v) is 5.45. The Labute approximate surface area is 146 Å². The first-order valence-corrected chi connectivity index (χ1v) is 8.02. The van der Waals surface area contributed by atoms with Gasteiger partial charge in [0.05, 0.1) is 12.2 Å². The molecule has 25 heavy (non-hydrogen) atoms. The van der Waals surface area contributed by atoms with Gasteiger partial charge in [0.25, 0.3) is 0 Å². The zero-order valence-electron chi connectivity index (χ0n) is 14.2. The maximum absolute atomic E-state index is 9.59. The van der Waals surface area contributed by atoms with Crippen molar-refractivity contribution in [1.29, 1.82) is 5.26 Å². The standard InChI is InChI=1S/C20H18N4O/c1-3-25-18-11-7-8-15(13-18)12-17(14-21)20-23-22-19(24(20)2)16-9-5-4-6-10-16/h4-13H,3H2,1-2H3/b17-12-. The van der Waals surface area contributed by atoms with Crippen LogP contribution in [0, 0.1) is 11.3 Å². The molecule has 0 N–H and O–H groups in total. The van der Waals surface area contributed by atoms with E-state index in [2.05, 4.69) is 16.3 Å². The van der Waals surface area contributed by atoms with Gasteiger partial charge in [0.1, 0.15) is 11.8 Å². The molecule has 124 valence electrons. The Hall–Kier alpha value is -3.39. The molecule has 5 heteroatoms. The smallest absolute Gasteiger partial charge is 0.174 e. The van der Waals surface area contributed by atoms with Gasteiger partial charge in [0.2, 0.25) is 0 Å². The molecule has 0 fully saturated rings. The molecule has 5 nitrogen and oxygen atoms in total. The second-order valence-electron chi connectivity index (χ2n) is 5.45. The van der Waals surface area contributed by atoms with Crippen molar-refractivity contribution in [2.24, 2.45) is 7.05 Å². The summed E-state index contributed by atoms with van der Waals surface area (Å²) in [5.41, 5.74) is 2.29. The molecule has 0 atom stereocenters. The van der Waals surface area contributed by atoms with Gasteiger partial charge in [-0.3, -0.25) is 0 Å². The fourth-order valence-electron chi connectivity index (χ4n) is 2.58. The van der Waals surface area contributed by atoms with Crippen molar-refractivity contribution in [3.05, 3.63) is 66.0 Å². The minimum Gasteiger partial charge on any atom is -0.494 e. The summed E-state index contributed by atoms with van der Waals surface area (Å²) in [6.45, 7) is 2.54. The zero-order valence-corrected chi connectivity index (χ0v) is 14.2. The van der Waals surface area contributed by atoms with Crippen molar-refractivity contribution in [3.8, 4) is 23.2 Å². The zero-order chi connectivity index (χ0) is 17.6. The number of ether oxygens (including phenoxy) is 1. The van der Waals surface area contributed by atoms with Crippen molar-refractivity contribution in [3.63, 3.8) is 0 Å². The minimum absolute atomic E-state index is 0.450. The molecule has 1 aromatic heterocycles. The molecule has 0 aliphatic rings. The molecule has 0 saturated carbocycles. The average molecular weight is 330 g/mol. The van der Waals surface area contributed by atoms with E-state index in [0.717, 1.165) is 22.7 Å². The van der Waals surface area contributed by atoms with Gasteiger partial charge in [-0.05, 0) is 30.7 Å². The first-order chi connectivity index (χ1) is 12.2. The van der Waals surface area contributed by atoms with Gasteiger partial charge in [-0.25, -0.2) is 0 Å². The lowest BCUT2D eigenvalue weighted by molar-refractivity contribution is 0.340. The highest BCUT2D eigenvalue weighted by molar-refractivity contribution is 5.87. The van der Waals surface area contributed by atoms with Gasteiger partial charge in [0.15, 0.2) is 11.6 Å². The van der Waals surface area contributed by atoms with E-state index in [4.69, 9.17) is 4.74 Å². The van der Waals surface area contributed by atoms with Crippen LogP contribution < -0.4 is 4.74 Å². The molecule has 0 aliphatic carbocycles. The Balaban J connectivity index is 1.98. The lowest BCUT2D eigenvalue weighted by Gasteiger charge is -2.05. The van der Waals surface area contributed by atoms with Crippen LogP contribution in [0.15, 0.2) is 54.6 Å². The van der Waals surface area contributed by atoms with Gasteiger partial charge in [-0.15, -0.1) is 10.2 Å². The molecule has 0 saturated heterocycles. The van der Waals surface area contributed by atoms with Crippen LogP contribution in [0.5, 0.6) is 5.75 Å². The number of aromatic nitrogens is 3. The minimum atomic E-state index is 0.450. The van der Waals surface area contributed by atoms with Crippen LogP contribution >= 0.6 is 0 Å². The van der Waals surface area contributed by atoms with Gasteiger partial charge in [-0.1, -0.05) is 42.5 Å². The summed E-state index contributed by atoms with van der Waals surface area (Å²) in [7, 11) is 1.86. The first kappa shape index (κ1) is 16.5. The number of allylic oxidation sites excluding steroid dienone is 1. The van der Waals surface area contributed by atoms with E-state index in [1.165, 1.54) is 0 Å². The monoisotopic (exact) mass is 330 g/mol. The summed E-state index contributed by atoms with van der Waals surface area (Å²) in [6, 6.07) is 19.6. The van der Waals surface area contributed by atoms with Crippen molar-refractivity contribution < 1.29 is 4.74 Å². The Morgan fingerprint density at radius 3 is 2.68 bits per heavy atom. The first-order valence-electron chi connectivity index (χ1n) is 8.02. The lowest BCUT2D eigenvalue weighted by Crippen LogP contribution is -1.98. The number of rotatable bonds is 5. The van der Waals surface area contributed by atoms with Crippen molar-refractivity contribution in [2.75, 3.05) is 6.61 Å². The quantitative estimate of drug-likeness (QED) is 0.665. The summed E-state index contributed by atoms with van der Waals surface area (Å²) in [5.74, 6) is 2.03. The molecule has 0 bridgehead atoms. The predicted octanol–water partition coefficient (Wildman–Crippen LogP) is 3.94. The molecular formula is C20H18N4O. The Bertz CT molecular complexity index is 936. The number of nitriles is 1. The predicted molar refractivity (Wildman–Crippen MR) is 97.5 cm³/mol. The van der Waals surface area contributed by atoms with E-state index in [1.807, 2.05) is 73.1 Å². The molecule has 3 aromatic rings. The Morgan fingerprint density at radius 1 is 1.16 bits per heavy atom. The summed E-state index contributed by atoms with van der Waals surface area (Å²) < 4.78 is 7.34. The van der Waals surface area contributed by atoms with Crippen molar-refractivity contribution in [1.82, 2.24) is 14.8 Å². The van der Waals surface area contributed by atoms with E-state index < -0.39 is 0 Å². The van der Waals surface area contributed by atoms with Crippen LogP contribution in [0.2, 0.25) is 0 Å². The van der Waals surface area contributed by atoms with E-state index in [1.54, 1.807) is 6.08 Å². The summed E-state index contributed by atoms with van der Waals surface area (Å²) in [6.07, 6.45) is 1.79. The number of hydrogen-bond donors (Lipinski definition) is 0. The number of benzene rings is 2. The largest absolute Gasteiger partial charge is 0.494 e. The van der Waals surface area contributed by atoms with E-state index >= 15 is 0 Å². The molecule has 0 spiro atoms. The lowest BCUT2D eigenvalue weighted by atomic mass is 10.1. The van der Waals surface area contributed by atoms with Crippen molar-refractivity contribution >= 4 is 11.6 Å². The van der Waals surface area contributed by atoms with Gasteiger partial charge in [0, 0.05) is 12.6 Å². The highest BCUT2D eigenvalue weighted by atomic mass is 16.5. The fourth-order valence-corrected chi connectivity index (χ4v) is 2.58. The van der Waals surface area contributed by atoms with E-state index in [9.17, 15) is 5.26 Å². The van der Waals surface area contributed by atoms with Gasteiger partial charge < -0.3 is 9.30 Å². The molecule has 0 aliphatic heterocycles. The van der Waals surface area contributed by atoms with Crippen LogP contribution in [0.3, 0.4) is 0 Å². The van der Waals surface area contributed by atoms with Gasteiger partial charge >= 0.3 is 0 Å². The molecular weight excluding hydrogens is 312 g/mol. The molecule has 3 rings (SSSR count). The third kappa shape index (κ3) is 3.59. The normalized spacial score (nSPS) is 11.2. The van der Waals surface area contributed by atoms with E-state index in [0.29, 0.717) is 18.0 Å². The number of hydrogen-bond acceptors (Lipinski definition) is 4. The maximum Gasteiger partial charge on any atom is 0.174 e. The molecule has 0 unspecified atom stereocenters. The maximum atomic E-state index is 9.59. The average Bonchev–Trinajstić information content (AvgIpc) is 3.02. The third-order valence-electron chi connectivity index (χ3n) is 3.75. The van der Waals surface area contributed by atoms with Crippen LogP contribution in [0.1, 0.15) is 18.3 Å². The summed E-state index contributed by atoms with van der Waals surface area (Å²) in [5, 5.41) is 18.0. The Morgan fingerprint density at radius 2 is 1.96 bits per heavy atom. The highest BCUT2D eigenvalue weighted by Crippen LogP contribution is 2.23. The summed E-state index contributed by atoms with van der Waals surface area (Å²) >= 11 is 0. The van der Waals surface area contributed by atoms with Crippen LogP contribution in [-0.2, 0) is 7.05 Å². The topological polar surface area (TPSA) is 63.7 Å². The molecule has 0 radical (unpaired) electrons. The SMILES string of the molecule is CCOc1cccc(/C=C(/C#N)c2nnc(-c3ccccc3)n2C)c1. The van der Waals surface area contributed by atoms with Gasteiger partial charge in [-0.2, -0.15) is 5.26 Å². The van der Waals surface area contributed by atoms with Crippen molar-refractivity contribution in [2.45, 2.75) is 6.92 Å². The van der Waals surface area contributed by atoms with Crippen LogP contribution in [0.25, 0.3) is 23.0 Å². The van der Waals surface area contributed by atoms with E-state index in [-0.39, 0.29) is 0 Å². The molecule has 1 heterocycles. The second kappa shape index (κ2) is 7.45. The van der Waals surface area contributed by atoms with Crippen LogP contribution in [-0.4, -0.2) is 21.4 Å². The highest BCUT2D eigenvalue weighted by Gasteiger charge is 2.14. The fraction of sp³-hybridized carbons (Fsp3) is 0.150.